The highest BCUT2D eigenvalue weighted by Gasteiger charge is 2.48. The minimum atomic E-state index is -0.998. The average Bonchev–Trinajstić information content (AvgIpc) is 3.44. The van der Waals surface area contributed by atoms with E-state index in [0.717, 1.165) is 17.8 Å². The maximum Gasteiger partial charge on any atom is 0.350 e. The van der Waals surface area contributed by atoms with Gasteiger partial charge in [0.15, 0.2) is 5.13 Å². The largest absolute Gasteiger partial charge is 0.507 e. The zero-order valence-corrected chi connectivity index (χ0v) is 22.3. The number of aryl methyl sites for hydroxylation is 1. The van der Waals surface area contributed by atoms with Crippen molar-refractivity contribution in [2.45, 2.75) is 33.2 Å². The number of hydrogen-bond acceptors (Lipinski definition) is 9. The molecule has 2 heterocycles. The number of nitrogens with zero attached hydrogens (tertiary/aromatic N) is 2. The molecule has 0 aliphatic carbocycles. The minimum Gasteiger partial charge on any atom is -0.507 e. The number of amides is 1. The minimum absolute atomic E-state index is 0.101. The van der Waals surface area contributed by atoms with Crippen LogP contribution in [0.1, 0.15) is 52.8 Å². The van der Waals surface area contributed by atoms with Crippen molar-refractivity contribution in [3.8, 4) is 11.5 Å². The first-order valence-corrected chi connectivity index (χ1v) is 12.9. The summed E-state index contributed by atoms with van der Waals surface area (Å²) >= 11 is 0.957. The summed E-state index contributed by atoms with van der Waals surface area (Å²) in [6.45, 7) is 6.06. The van der Waals surface area contributed by atoms with Crippen molar-refractivity contribution < 1.29 is 33.7 Å². The van der Waals surface area contributed by atoms with Gasteiger partial charge in [-0.05, 0) is 50.1 Å². The van der Waals surface area contributed by atoms with Gasteiger partial charge in [-0.25, -0.2) is 9.78 Å². The number of hydrogen-bond donors (Lipinski definition) is 1. The highest BCUT2D eigenvalue weighted by molar-refractivity contribution is 7.17. The number of carbonyl (C=O) groups excluding carboxylic acids is 3. The number of aromatic nitrogens is 1. The van der Waals surface area contributed by atoms with Crippen molar-refractivity contribution in [3.63, 3.8) is 0 Å². The van der Waals surface area contributed by atoms with Crippen LogP contribution in [0.5, 0.6) is 11.5 Å². The first kappa shape index (κ1) is 26.9. The quantitative estimate of drug-likeness (QED) is 0.175. The lowest BCUT2D eigenvalue weighted by Gasteiger charge is -2.23. The van der Waals surface area contributed by atoms with Crippen LogP contribution < -0.4 is 14.4 Å². The SMILES string of the molecule is CCCOc1ccc(C2/C(=C(\O)c3cccc(OC)c3)C(=O)C(=O)N2c2nc(C)c(C(=O)OCC)s2)cc1. The lowest BCUT2D eigenvalue weighted by Crippen LogP contribution is -2.29. The molecular formula is C28H28N2O7S. The van der Waals surface area contributed by atoms with Gasteiger partial charge >= 0.3 is 11.9 Å². The van der Waals surface area contributed by atoms with E-state index in [1.165, 1.54) is 12.0 Å². The summed E-state index contributed by atoms with van der Waals surface area (Å²) < 4.78 is 16.1. The fraction of sp³-hybridized carbons (Fsp3) is 0.286. The van der Waals surface area contributed by atoms with Gasteiger partial charge in [-0.1, -0.05) is 42.5 Å². The Morgan fingerprint density at radius 3 is 2.50 bits per heavy atom. The van der Waals surface area contributed by atoms with E-state index in [-0.39, 0.29) is 27.9 Å². The maximum atomic E-state index is 13.4. The Morgan fingerprint density at radius 1 is 1.11 bits per heavy atom. The summed E-state index contributed by atoms with van der Waals surface area (Å²) in [6, 6.07) is 12.5. The molecule has 1 aliphatic heterocycles. The second kappa shape index (κ2) is 11.5. The molecule has 1 N–H and O–H groups in total. The molecule has 1 atom stereocenters. The second-order valence-corrected chi connectivity index (χ2v) is 9.43. The molecule has 0 bridgehead atoms. The third-order valence-electron chi connectivity index (χ3n) is 5.91. The number of ketones is 1. The molecule has 198 valence electrons. The van der Waals surface area contributed by atoms with E-state index in [4.69, 9.17) is 14.2 Å². The fourth-order valence-electron chi connectivity index (χ4n) is 4.11. The predicted molar refractivity (Wildman–Crippen MR) is 143 cm³/mol. The number of thiazole rings is 1. The zero-order valence-electron chi connectivity index (χ0n) is 21.5. The molecule has 1 aromatic heterocycles. The Balaban J connectivity index is 1.87. The molecule has 3 aromatic rings. The molecule has 1 aliphatic rings. The van der Waals surface area contributed by atoms with E-state index >= 15 is 0 Å². The smallest absolute Gasteiger partial charge is 0.350 e. The van der Waals surface area contributed by atoms with Crippen molar-refractivity contribution >= 4 is 39.9 Å². The molecule has 2 aromatic carbocycles. The molecule has 38 heavy (non-hydrogen) atoms. The van der Waals surface area contributed by atoms with Gasteiger partial charge in [0.2, 0.25) is 0 Å². The van der Waals surface area contributed by atoms with Crippen LogP contribution in [-0.2, 0) is 14.3 Å². The summed E-state index contributed by atoms with van der Waals surface area (Å²) in [6.07, 6.45) is 0.842. The van der Waals surface area contributed by atoms with E-state index in [2.05, 4.69) is 4.98 Å². The molecule has 1 amide bonds. The van der Waals surface area contributed by atoms with Gasteiger partial charge in [-0.15, -0.1) is 0 Å². The number of aliphatic hydroxyl groups excluding tert-OH is 1. The maximum absolute atomic E-state index is 13.4. The molecule has 1 fully saturated rings. The molecule has 0 spiro atoms. The zero-order chi connectivity index (χ0) is 27.4. The molecule has 1 unspecified atom stereocenters. The van der Waals surface area contributed by atoms with Gasteiger partial charge in [-0.3, -0.25) is 14.5 Å². The van der Waals surface area contributed by atoms with Crippen molar-refractivity contribution in [2.24, 2.45) is 0 Å². The Labute approximate surface area is 224 Å². The average molecular weight is 537 g/mol. The molecule has 4 rings (SSSR count). The molecule has 1 saturated heterocycles. The summed E-state index contributed by atoms with van der Waals surface area (Å²) in [7, 11) is 1.49. The highest BCUT2D eigenvalue weighted by atomic mass is 32.1. The first-order valence-electron chi connectivity index (χ1n) is 12.1. The lowest BCUT2D eigenvalue weighted by atomic mass is 9.95. The summed E-state index contributed by atoms with van der Waals surface area (Å²) in [5.41, 5.74) is 1.15. The highest BCUT2D eigenvalue weighted by Crippen LogP contribution is 2.44. The van der Waals surface area contributed by atoms with E-state index in [0.29, 0.717) is 34.9 Å². The number of Topliss-reactive ketones (excluding diaryl/α,β-unsaturated/α-hetero) is 1. The van der Waals surface area contributed by atoms with Crippen LogP contribution in [0.25, 0.3) is 5.76 Å². The lowest BCUT2D eigenvalue weighted by molar-refractivity contribution is -0.132. The Morgan fingerprint density at radius 2 is 1.84 bits per heavy atom. The fourth-order valence-corrected chi connectivity index (χ4v) is 5.10. The van der Waals surface area contributed by atoms with Gasteiger partial charge < -0.3 is 19.3 Å². The van der Waals surface area contributed by atoms with Gasteiger partial charge in [-0.2, -0.15) is 0 Å². The van der Waals surface area contributed by atoms with Gasteiger partial charge in [0, 0.05) is 5.56 Å². The van der Waals surface area contributed by atoms with Gasteiger partial charge in [0.25, 0.3) is 5.78 Å². The standard InChI is InChI=1S/C28H28N2O7S/c1-5-14-37-19-12-10-17(11-13-19)22-21(23(31)18-8-7-9-20(15-18)35-4)24(32)26(33)30(22)28-29-16(3)25(38-28)27(34)36-6-2/h7-13,15,22,31H,5-6,14H2,1-4H3/b23-21+. The number of methoxy groups -OCH3 is 1. The van der Waals surface area contributed by atoms with E-state index in [9.17, 15) is 19.5 Å². The Kier molecular flexibility index (Phi) is 8.11. The van der Waals surface area contributed by atoms with E-state index in [1.807, 2.05) is 6.92 Å². The third kappa shape index (κ3) is 5.12. The second-order valence-electron chi connectivity index (χ2n) is 8.45. The molecular weight excluding hydrogens is 508 g/mol. The monoisotopic (exact) mass is 536 g/mol. The summed E-state index contributed by atoms with van der Waals surface area (Å²) in [4.78, 5) is 45.1. The van der Waals surface area contributed by atoms with Crippen molar-refractivity contribution in [1.82, 2.24) is 4.98 Å². The number of benzene rings is 2. The molecule has 9 nitrogen and oxygen atoms in total. The van der Waals surface area contributed by atoms with Crippen LogP contribution in [0.3, 0.4) is 0 Å². The Hall–Kier alpha value is -4.18. The van der Waals surface area contributed by atoms with Crippen LogP contribution in [-0.4, -0.2) is 48.1 Å². The third-order valence-corrected chi connectivity index (χ3v) is 7.05. The summed E-state index contributed by atoms with van der Waals surface area (Å²) in [5.74, 6) is -1.53. The number of esters is 1. The van der Waals surface area contributed by atoms with Crippen LogP contribution >= 0.6 is 11.3 Å². The number of ether oxygens (including phenoxy) is 3. The topological polar surface area (TPSA) is 115 Å². The van der Waals surface area contributed by atoms with Crippen molar-refractivity contribution in [3.05, 3.63) is 75.8 Å². The first-order chi connectivity index (χ1) is 18.3. The summed E-state index contributed by atoms with van der Waals surface area (Å²) in [5, 5.41) is 11.5. The molecule has 10 heteroatoms. The van der Waals surface area contributed by atoms with Crippen LogP contribution in [0, 0.1) is 6.92 Å². The van der Waals surface area contributed by atoms with E-state index in [1.54, 1.807) is 62.4 Å². The normalized spacial score (nSPS) is 16.5. The van der Waals surface area contributed by atoms with Crippen molar-refractivity contribution in [1.29, 1.82) is 0 Å². The van der Waals surface area contributed by atoms with E-state index < -0.39 is 23.7 Å². The number of anilines is 1. The number of aliphatic hydroxyl groups is 1. The van der Waals surface area contributed by atoms with Gasteiger partial charge in [0.05, 0.1) is 37.6 Å². The molecule has 0 saturated carbocycles. The molecule has 0 radical (unpaired) electrons. The van der Waals surface area contributed by atoms with Crippen LogP contribution in [0.2, 0.25) is 0 Å². The Bertz CT molecular complexity index is 1390. The van der Waals surface area contributed by atoms with Crippen LogP contribution in [0.15, 0.2) is 54.1 Å². The van der Waals surface area contributed by atoms with Crippen LogP contribution in [0.4, 0.5) is 5.13 Å². The predicted octanol–water partition coefficient (Wildman–Crippen LogP) is 5.05. The number of carbonyl (C=O) groups is 3. The van der Waals surface area contributed by atoms with Gasteiger partial charge in [0.1, 0.15) is 22.1 Å². The number of rotatable bonds is 9. The van der Waals surface area contributed by atoms with Crippen molar-refractivity contribution in [2.75, 3.05) is 25.2 Å².